The molecule has 0 aromatic heterocycles. The van der Waals surface area contributed by atoms with Gasteiger partial charge in [0.05, 0.1) is 0 Å². The van der Waals surface area contributed by atoms with Crippen molar-refractivity contribution in [2.24, 2.45) is 0 Å². The van der Waals surface area contributed by atoms with Crippen molar-refractivity contribution in [2.45, 2.75) is 6.18 Å². The van der Waals surface area contributed by atoms with Gasteiger partial charge >= 0.3 is 6.18 Å². The second-order valence-corrected chi connectivity index (χ2v) is 2.52. The van der Waals surface area contributed by atoms with Crippen molar-refractivity contribution >= 4 is 0 Å². The van der Waals surface area contributed by atoms with Crippen LogP contribution in [0.1, 0.15) is 0 Å². The summed E-state index contributed by atoms with van der Waals surface area (Å²) in [5.41, 5.74) is 0. The number of hydrogen-bond acceptors (Lipinski definition) is 2. The van der Waals surface area contributed by atoms with E-state index in [1.54, 1.807) is 0 Å². The van der Waals surface area contributed by atoms with Crippen molar-refractivity contribution in [3.8, 4) is 11.5 Å². The Hall–Kier alpha value is -1.46. The molecule has 0 saturated heterocycles. The topological polar surface area (TPSA) is 29.5 Å². The number of halogens is 4. The molecule has 6 heteroatoms. The molecule has 0 aliphatic heterocycles. The van der Waals surface area contributed by atoms with Crippen molar-refractivity contribution < 1.29 is 27.4 Å². The molecule has 1 rings (SSSR count). The quantitative estimate of drug-likeness (QED) is 0.760. The largest absolute Gasteiger partial charge is 0.504 e. The van der Waals surface area contributed by atoms with E-state index in [2.05, 4.69) is 4.74 Å². The zero-order valence-electron chi connectivity index (χ0n) is 6.81. The molecule has 0 bridgehead atoms. The molecule has 0 unspecified atom stereocenters. The molecule has 14 heavy (non-hydrogen) atoms. The highest BCUT2D eigenvalue weighted by atomic mass is 19.4. The van der Waals surface area contributed by atoms with Crippen LogP contribution in [0, 0.1) is 5.82 Å². The zero-order chi connectivity index (χ0) is 10.8. The Morgan fingerprint density at radius 2 is 1.93 bits per heavy atom. The Morgan fingerprint density at radius 3 is 2.50 bits per heavy atom. The summed E-state index contributed by atoms with van der Waals surface area (Å²) >= 11 is 0. The second kappa shape index (κ2) is 3.73. The Morgan fingerprint density at radius 1 is 1.29 bits per heavy atom. The van der Waals surface area contributed by atoms with Gasteiger partial charge in [0.25, 0.3) is 0 Å². The minimum absolute atomic E-state index is 0.526. The van der Waals surface area contributed by atoms with Crippen LogP contribution >= 0.6 is 0 Å². The summed E-state index contributed by atoms with van der Waals surface area (Å²) in [7, 11) is 0. The van der Waals surface area contributed by atoms with E-state index in [0.29, 0.717) is 6.07 Å². The molecule has 1 aromatic rings. The zero-order valence-corrected chi connectivity index (χ0v) is 6.81. The molecule has 0 radical (unpaired) electrons. The predicted molar refractivity (Wildman–Crippen MR) is 39.6 cm³/mol. The van der Waals surface area contributed by atoms with Gasteiger partial charge in [-0.1, -0.05) is 0 Å². The van der Waals surface area contributed by atoms with E-state index in [1.807, 2.05) is 0 Å². The molecule has 0 fully saturated rings. The summed E-state index contributed by atoms with van der Waals surface area (Å²) in [4.78, 5) is 0. The van der Waals surface area contributed by atoms with Crippen LogP contribution in [0.25, 0.3) is 0 Å². The van der Waals surface area contributed by atoms with Crippen LogP contribution < -0.4 is 4.74 Å². The van der Waals surface area contributed by atoms with Gasteiger partial charge in [0, 0.05) is 6.07 Å². The van der Waals surface area contributed by atoms with E-state index < -0.39 is 30.1 Å². The Labute approximate surface area is 76.7 Å². The molecule has 0 aliphatic carbocycles. The minimum Gasteiger partial charge on any atom is -0.504 e. The van der Waals surface area contributed by atoms with Gasteiger partial charge in [-0.05, 0) is 12.1 Å². The first-order valence-corrected chi connectivity index (χ1v) is 3.56. The van der Waals surface area contributed by atoms with E-state index in [0.717, 1.165) is 12.1 Å². The minimum atomic E-state index is -4.52. The molecular weight excluding hydrogens is 204 g/mol. The van der Waals surface area contributed by atoms with E-state index in [9.17, 15) is 17.6 Å². The smallest absolute Gasteiger partial charge is 0.422 e. The average Bonchev–Trinajstić information content (AvgIpc) is 2.05. The highest BCUT2D eigenvalue weighted by molar-refractivity contribution is 5.38. The van der Waals surface area contributed by atoms with Crippen molar-refractivity contribution in [1.29, 1.82) is 0 Å². The molecule has 1 N–H and O–H groups in total. The summed E-state index contributed by atoms with van der Waals surface area (Å²) in [6, 6.07) is 2.51. The lowest BCUT2D eigenvalue weighted by Crippen LogP contribution is -2.19. The summed E-state index contributed by atoms with van der Waals surface area (Å²) in [6.45, 7) is -1.57. The highest BCUT2D eigenvalue weighted by Crippen LogP contribution is 2.28. The van der Waals surface area contributed by atoms with Crippen molar-refractivity contribution in [3.05, 3.63) is 24.0 Å². The van der Waals surface area contributed by atoms with Gasteiger partial charge in [-0.3, -0.25) is 0 Å². The van der Waals surface area contributed by atoms with Crippen molar-refractivity contribution in [2.75, 3.05) is 6.61 Å². The second-order valence-electron chi connectivity index (χ2n) is 2.52. The van der Waals surface area contributed by atoms with E-state index in [4.69, 9.17) is 5.11 Å². The van der Waals surface area contributed by atoms with Crippen LogP contribution in [0.5, 0.6) is 11.5 Å². The monoisotopic (exact) mass is 210 g/mol. The van der Waals surface area contributed by atoms with E-state index in [-0.39, 0.29) is 0 Å². The maximum absolute atomic E-state index is 12.5. The number of alkyl halides is 3. The fraction of sp³-hybridized carbons (Fsp3) is 0.250. The molecule has 0 saturated carbocycles. The van der Waals surface area contributed by atoms with Crippen LogP contribution in [0.2, 0.25) is 0 Å². The third-order valence-corrected chi connectivity index (χ3v) is 1.31. The van der Waals surface area contributed by atoms with Gasteiger partial charge in [0.15, 0.2) is 18.1 Å². The van der Waals surface area contributed by atoms with Crippen LogP contribution in [0.3, 0.4) is 0 Å². The molecule has 2 nitrogen and oxygen atoms in total. The molecule has 0 atom stereocenters. The van der Waals surface area contributed by atoms with Crippen LogP contribution in [0.4, 0.5) is 17.6 Å². The Bertz CT molecular complexity index is 322. The number of phenolic OH excluding ortho intramolecular Hbond substituents is 1. The first-order valence-electron chi connectivity index (χ1n) is 3.56. The van der Waals surface area contributed by atoms with Gasteiger partial charge in [0.2, 0.25) is 0 Å². The summed E-state index contributed by atoms with van der Waals surface area (Å²) in [5, 5.41) is 8.97. The molecule has 0 heterocycles. The number of benzene rings is 1. The third kappa shape index (κ3) is 3.12. The fourth-order valence-electron chi connectivity index (χ4n) is 0.763. The number of rotatable bonds is 2. The SMILES string of the molecule is Oc1ccc(F)cc1OCC(F)(F)F. The first kappa shape index (κ1) is 10.6. The number of hydrogen-bond donors (Lipinski definition) is 1. The maximum Gasteiger partial charge on any atom is 0.422 e. The highest BCUT2D eigenvalue weighted by Gasteiger charge is 2.28. The van der Waals surface area contributed by atoms with Crippen molar-refractivity contribution in [3.63, 3.8) is 0 Å². The summed E-state index contributed by atoms with van der Waals surface area (Å²) in [6.07, 6.45) is -4.52. The molecule has 0 amide bonds. The van der Waals surface area contributed by atoms with Crippen LogP contribution in [-0.4, -0.2) is 17.9 Å². The first-order chi connectivity index (χ1) is 6.38. The fourth-order valence-corrected chi connectivity index (χ4v) is 0.763. The summed E-state index contributed by atoms with van der Waals surface area (Å²) < 4.78 is 51.7. The van der Waals surface area contributed by atoms with E-state index >= 15 is 0 Å². The predicted octanol–water partition coefficient (Wildman–Crippen LogP) is 2.47. The molecule has 78 valence electrons. The third-order valence-electron chi connectivity index (χ3n) is 1.31. The van der Waals surface area contributed by atoms with Gasteiger partial charge in [-0.2, -0.15) is 13.2 Å². The van der Waals surface area contributed by atoms with E-state index in [1.165, 1.54) is 0 Å². The maximum atomic E-state index is 12.5. The standard InChI is InChI=1S/C8H6F4O2/c9-5-1-2-6(13)7(3-5)14-4-8(10,11)12/h1-3,13H,4H2. The number of aromatic hydroxyl groups is 1. The van der Waals surface area contributed by atoms with Gasteiger partial charge < -0.3 is 9.84 Å². The van der Waals surface area contributed by atoms with Crippen LogP contribution in [0.15, 0.2) is 18.2 Å². The van der Waals surface area contributed by atoms with Gasteiger partial charge in [0.1, 0.15) is 5.82 Å². The van der Waals surface area contributed by atoms with Gasteiger partial charge in [-0.15, -0.1) is 0 Å². The molecular formula is C8H6F4O2. The lowest BCUT2D eigenvalue weighted by Gasteiger charge is -2.09. The van der Waals surface area contributed by atoms with Gasteiger partial charge in [-0.25, -0.2) is 4.39 Å². The normalized spacial score (nSPS) is 11.4. The Kier molecular flexibility index (Phi) is 2.83. The number of ether oxygens (including phenoxy) is 1. The molecule has 0 aliphatic rings. The number of phenols is 1. The molecule has 1 aromatic carbocycles. The van der Waals surface area contributed by atoms with Crippen molar-refractivity contribution in [1.82, 2.24) is 0 Å². The Balaban J connectivity index is 2.72. The summed E-state index contributed by atoms with van der Waals surface area (Å²) in [5.74, 6) is -1.84. The molecule has 0 spiro atoms. The lowest BCUT2D eigenvalue weighted by molar-refractivity contribution is -0.153. The lowest BCUT2D eigenvalue weighted by atomic mass is 10.3. The average molecular weight is 210 g/mol. The van der Waals surface area contributed by atoms with Crippen LogP contribution in [-0.2, 0) is 0 Å².